The molecule has 2 aromatic carbocycles. The van der Waals surface area contributed by atoms with E-state index >= 15 is 0 Å². The van der Waals surface area contributed by atoms with Gasteiger partial charge in [-0.15, -0.1) is 0 Å². The second-order valence-electron chi connectivity index (χ2n) is 5.19. The molecule has 0 saturated carbocycles. The van der Waals surface area contributed by atoms with Crippen molar-refractivity contribution >= 4 is 17.5 Å². The molecule has 0 bridgehead atoms. The van der Waals surface area contributed by atoms with Gasteiger partial charge in [-0.1, -0.05) is 48.0 Å². The van der Waals surface area contributed by atoms with Gasteiger partial charge in [0.2, 0.25) is 5.91 Å². The van der Waals surface area contributed by atoms with E-state index < -0.39 is 0 Å². The molecule has 102 valence electrons. The summed E-state index contributed by atoms with van der Waals surface area (Å²) in [6, 6.07) is 16.3. The molecule has 1 heterocycles. The topological polar surface area (TPSA) is 20.3 Å². The summed E-state index contributed by atoms with van der Waals surface area (Å²) in [6.45, 7) is 2.26. The Balaban J connectivity index is 2.02. The highest BCUT2D eigenvalue weighted by molar-refractivity contribution is 6.30. The van der Waals surface area contributed by atoms with Crippen molar-refractivity contribution in [2.75, 3.05) is 0 Å². The normalized spacial score (nSPS) is 17.7. The summed E-state index contributed by atoms with van der Waals surface area (Å²) in [5.74, 6) is 0.101. The Bertz CT molecular complexity index is 639. The minimum absolute atomic E-state index is 0.101. The van der Waals surface area contributed by atoms with E-state index in [1.807, 2.05) is 35.2 Å². The highest BCUT2D eigenvalue weighted by atomic mass is 35.5. The van der Waals surface area contributed by atoms with Crippen LogP contribution in [0, 0.1) is 0 Å². The highest BCUT2D eigenvalue weighted by Gasteiger charge is 2.28. The number of amides is 1. The largest absolute Gasteiger partial charge is 0.331 e. The number of hydrogen-bond acceptors (Lipinski definition) is 1. The van der Waals surface area contributed by atoms with Crippen LogP contribution in [0.25, 0.3) is 0 Å². The first-order valence-electron chi connectivity index (χ1n) is 6.74. The standard InChI is InChI=1S/C17H16ClNO/c1-12(20)19-11-15-9-16(18)8-7-14(15)10-17(19)13-5-3-2-4-6-13/h2-9,17H,10-11H2,1H3. The molecule has 0 spiro atoms. The van der Waals surface area contributed by atoms with Crippen molar-refractivity contribution < 1.29 is 4.79 Å². The molecule has 3 rings (SSSR count). The van der Waals surface area contributed by atoms with Gasteiger partial charge in [0, 0.05) is 18.5 Å². The maximum atomic E-state index is 12.0. The van der Waals surface area contributed by atoms with Crippen LogP contribution >= 0.6 is 11.6 Å². The average Bonchev–Trinajstić information content (AvgIpc) is 2.46. The number of rotatable bonds is 1. The summed E-state index contributed by atoms with van der Waals surface area (Å²) in [6.07, 6.45) is 0.843. The average molecular weight is 286 g/mol. The summed E-state index contributed by atoms with van der Waals surface area (Å²) in [7, 11) is 0. The van der Waals surface area contributed by atoms with Gasteiger partial charge in [-0.2, -0.15) is 0 Å². The maximum Gasteiger partial charge on any atom is 0.220 e. The Hall–Kier alpha value is -1.80. The molecule has 20 heavy (non-hydrogen) atoms. The fraction of sp³-hybridized carbons (Fsp3) is 0.235. The van der Waals surface area contributed by atoms with Crippen molar-refractivity contribution in [3.05, 3.63) is 70.2 Å². The monoisotopic (exact) mass is 285 g/mol. The molecular weight excluding hydrogens is 270 g/mol. The second kappa shape index (κ2) is 5.29. The molecule has 1 aliphatic heterocycles. The molecule has 0 aliphatic carbocycles. The predicted molar refractivity (Wildman–Crippen MR) is 80.6 cm³/mol. The molecule has 0 fully saturated rings. The fourth-order valence-corrected chi connectivity index (χ4v) is 3.05. The highest BCUT2D eigenvalue weighted by Crippen LogP contribution is 2.34. The lowest BCUT2D eigenvalue weighted by atomic mass is 9.90. The smallest absolute Gasteiger partial charge is 0.220 e. The van der Waals surface area contributed by atoms with Crippen molar-refractivity contribution in [3.63, 3.8) is 0 Å². The molecule has 0 radical (unpaired) electrons. The summed E-state index contributed by atoms with van der Waals surface area (Å²) < 4.78 is 0. The van der Waals surface area contributed by atoms with Crippen LogP contribution in [0.5, 0.6) is 0 Å². The van der Waals surface area contributed by atoms with E-state index in [0.29, 0.717) is 6.54 Å². The molecule has 0 N–H and O–H groups in total. The van der Waals surface area contributed by atoms with Crippen LogP contribution in [0.3, 0.4) is 0 Å². The molecule has 0 aromatic heterocycles. The van der Waals surface area contributed by atoms with Gasteiger partial charge in [0.05, 0.1) is 6.04 Å². The molecular formula is C17H16ClNO. The van der Waals surface area contributed by atoms with Crippen molar-refractivity contribution in [2.24, 2.45) is 0 Å². The van der Waals surface area contributed by atoms with E-state index in [1.165, 1.54) is 11.1 Å². The molecule has 3 heteroatoms. The van der Waals surface area contributed by atoms with Crippen LogP contribution in [0.1, 0.15) is 29.7 Å². The number of hydrogen-bond donors (Lipinski definition) is 0. The zero-order valence-corrected chi connectivity index (χ0v) is 12.1. The first kappa shape index (κ1) is 13.2. The summed E-state index contributed by atoms with van der Waals surface area (Å²) in [4.78, 5) is 13.9. The lowest BCUT2D eigenvalue weighted by molar-refractivity contribution is -0.132. The quantitative estimate of drug-likeness (QED) is 0.776. The molecule has 1 amide bonds. The van der Waals surface area contributed by atoms with Gasteiger partial charge in [-0.25, -0.2) is 0 Å². The van der Waals surface area contributed by atoms with Gasteiger partial charge in [0.1, 0.15) is 0 Å². The molecule has 2 nitrogen and oxygen atoms in total. The van der Waals surface area contributed by atoms with Crippen LogP contribution in [0.2, 0.25) is 5.02 Å². The fourth-order valence-electron chi connectivity index (χ4n) is 2.86. The van der Waals surface area contributed by atoms with Crippen molar-refractivity contribution in [2.45, 2.75) is 25.9 Å². The van der Waals surface area contributed by atoms with E-state index in [-0.39, 0.29) is 11.9 Å². The van der Waals surface area contributed by atoms with Gasteiger partial charge in [-0.3, -0.25) is 4.79 Å². The molecule has 0 saturated heterocycles. The van der Waals surface area contributed by atoms with Gasteiger partial charge in [0.25, 0.3) is 0 Å². The van der Waals surface area contributed by atoms with Crippen molar-refractivity contribution in [3.8, 4) is 0 Å². The summed E-state index contributed by atoms with van der Waals surface area (Å²) in [5, 5.41) is 0.727. The Morgan fingerprint density at radius 3 is 2.60 bits per heavy atom. The Labute approximate surface area is 124 Å². The zero-order chi connectivity index (χ0) is 14.1. The van der Waals surface area contributed by atoms with Gasteiger partial charge in [-0.05, 0) is 35.2 Å². The Morgan fingerprint density at radius 2 is 1.90 bits per heavy atom. The third-order valence-corrected chi connectivity index (χ3v) is 4.12. The second-order valence-corrected chi connectivity index (χ2v) is 5.63. The number of halogens is 1. The lowest BCUT2D eigenvalue weighted by Gasteiger charge is -2.36. The number of carbonyl (C=O) groups excluding carboxylic acids is 1. The Kier molecular flexibility index (Phi) is 3.49. The lowest BCUT2D eigenvalue weighted by Crippen LogP contribution is -2.37. The van der Waals surface area contributed by atoms with E-state index in [2.05, 4.69) is 18.2 Å². The van der Waals surface area contributed by atoms with Crippen LogP contribution in [-0.4, -0.2) is 10.8 Å². The number of carbonyl (C=O) groups is 1. The van der Waals surface area contributed by atoms with Crippen molar-refractivity contribution in [1.29, 1.82) is 0 Å². The van der Waals surface area contributed by atoms with E-state index in [4.69, 9.17) is 11.6 Å². The minimum atomic E-state index is 0.101. The van der Waals surface area contributed by atoms with Crippen LogP contribution in [0.4, 0.5) is 0 Å². The SMILES string of the molecule is CC(=O)N1Cc2cc(Cl)ccc2CC1c1ccccc1. The predicted octanol–water partition coefficient (Wildman–Crippen LogP) is 3.99. The molecule has 1 atom stereocenters. The van der Waals surface area contributed by atoms with Crippen molar-refractivity contribution in [1.82, 2.24) is 4.90 Å². The number of fused-ring (bicyclic) bond motifs is 1. The number of nitrogens with zero attached hydrogens (tertiary/aromatic N) is 1. The minimum Gasteiger partial charge on any atom is -0.331 e. The molecule has 2 aromatic rings. The molecule has 1 unspecified atom stereocenters. The summed E-state index contributed by atoms with van der Waals surface area (Å²) >= 11 is 6.05. The Morgan fingerprint density at radius 1 is 1.15 bits per heavy atom. The first-order chi connectivity index (χ1) is 9.65. The van der Waals surface area contributed by atoms with Gasteiger partial charge >= 0.3 is 0 Å². The number of benzene rings is 2. The molecule has 1 aliphatic rings. The van der Waals surface area contributed by atoms with Crippen LogP contribution < -0.4 is 0 Å². The zero-order valence-electron chi connectivity index (χ0n) is 11.3. The summed E-state index contributed by atoms with van der Waals surface area (Å²) in [5.41, 5.74) is 3.61. The van der Waals surface area contributed by atoms with E-state index in [9.17, 15) is 4.79 Å². The third-order valence-electron chi connectivity index (χ3n) is 3.89. The van der Waals surface area contributed by atoms with Gasteiger partial charge < -0.3 is 4.90 Å². The van der Waals surface area contributed by atoms with Crippen LogP contribution in [0.15, 0.2) is 48.5 Å². The third kappa shape index (κ3) is 2.44. The van der Waals surface area contributed by atoms with Crippen LogP contribution in [-0.2, 0) is 17.8 Å². The van der Waals surface area contributed by atoms with E-state index in [0.717, 1.165) is 17.0 Å². The first-order valence-corrected chi connectivity index (χ1v) is 7.12. The van der Waals surface area contributed by atoms with Gasteiger partial charge in [0.15, 0.2) is 0 Å². The maximum absolute atomic E-state index is 12.0. The van der Waals surface area contributed by atoms with E-state index in [1.54, 1.807) is 6.92 Å².